The maximum atomic E-state index is 13.2. The first-order valence-corrected chi connectivity index (χ1v) is 11.3. The minimum absolute atomic E-state index is 0.0329. The highest BCUT2D eigenvalue weighted by atomic mass is 32.2. The molecule has 0 spiro atoms. The van der Waals surface area contributed by atoms with E-state index in [0.717, 1.165) is 6.26 Å². The smallest absolute Gasteiger partial charge is 0.435 e. The van der Waals surface area contributed by atoms with E-state index < -0.39 is 39.1 Å². The van der Waals surface area contributed by atoms with Crippen molar-refractivity contribution in [3.63, 3.8) is 0 Å². The van der Waals surface area contributed by atoms with Crippen LogP contribution in [-0.4, -0.2) is 45.0 Å². The van der Waals surface area contributed by atoms with Crippen LogP contribution >= 0.6 is 0 Å². The number of methoxy groups -OCH3 is 2. The second-order valence-electron chi connectivity index (χ2n) is 6.82. The molecule has 0 saturated heterocycles. The molecule has 1 amide bonds. The highest BCUT2D eigenvalue weighted by Crippen LogP contribution is 2.36. The van der Waals surface area contributed by atoms with Crippen LogP contribution in [0.25, 0.3) is 0 Å². The van der Waals surface area contributed by atoms with Gasteiger partial charge in [0.2, 0.25) is 0 Å². The maximum absolute atomic E-state index is 13.2. The van der Waals surface area contributed by atoms with E-state index in [2.05, 4.69) is 15.5 Å². The monoisotopic (exact) mass is 497 g/mol. The van der Waals surface area contributed by atoms with Gasteiger partial charge in [0, 0.05) is 18.0 Å². The highest BCUT2D eigenvalue weighted by Gasteiger charge is 2.35. The van der Waals surface area contributed by atoms with Crippen LogP contribution in [0.15, 0.2) is 53.4 Å². The van der Waals surface area contributed by atoms with E-state index in [9.17, 15) is 26.4 Å². The molecule has 2 aromatic carbocycles. The zero-order valence-corrected chi connectivity index (χ0v) is 18.8. The Labute approximate surface area is 192 Å². The molecule has 9 nitrogen and oxygen atoms in total. The Morgan fingerprint density at radius 3 is 2.32 bits per heavy atom. The van der Waals surface area contributed by atoms with E-state index in [0.29, 0.717) is 11.8 Å². The van der Waals surface area contributed by atoms with Crippen LogP contribution in [0.3, 0.4) is 0 Å². The SMILES string of the molecule is COc1ccc(Oc2nnc(C(F)(F)F)cc2C(=O)Nc2cccc(S(C)(=O)=O)c2)c(OC)c1. The zero-order valence-electron chi connectivity index (χ0n) is 18.0. The molecule has 1 aromatic heterocycles. The van der Waals surface area contributed by atoms with Gasteiger partial charge in [0.1, 0.15) is 11.3 Å². The first-order chi connectivity index (χ1) is 15.9. The van der Waals surface area contributed by atoms with Crippen LogP contribution < -0.4 is 19.5 Å². The summed E-state index contributed by atoms with van der Waals surface area (Å²) in [7, 11) is -0.821. The number of sulfone groups is 1. The Morgan fingerprint density at radius 1 is 0.971 bits per heavy atom. The van der Waals surface area contributed by atoms with Gasteiger partial charge in [-0.25, -0.2) is 8.42 Å². The van der Waals surface area contributed by atoms with Gasteiger partial charge >= 0.3 is 6.18 Å². The van der Waals surface area contributed by atoms with E-state index in [1.807, 2.05) is 0 Å². The lowest BCUT2D eigenvalue weighted by molar-refractivity contribution is -0.141. The van der Waals surface area contributed by atoms with Gasteiger partial charge in [0.25, 0.3) is 11.8 Å². The minimum atomic E-state index is -4.88. The molecule has 13 heteroatoms. The Bertz CT molecular complexity index is 1330. The van der Waals surface area contributed by atoms with Crippen LogP contribution in [0.5, 0.6) is 23.1 Å². The number of nitrogens with one attached hydrogen (secondary N) is 1. The Morgan fingerprint density at radius 2 is 1.71 bits per heavy atom. The molecule has 180 valence electrons. The summed E-state index contributed by atoms with van der Waals surface area (Å²) >= 11 is 0. The number of carbonyl (C=O) groups is 1. The molecule has 1 N–H and O–H groups in total. The number of rotatable bonds is 7. The number of hydrogen-bond acceptors (Lipinski definition) is 8. The molecule has 0 bridgehead atoms. The number of amides is 1. The average Bonchev–Trinajstić information content (AvgIpc) is 2.78. The lowest BCUT2D eigenvalue weighted by Crippen LogP contribution is -2.18. The summed E-state index contributed by atoms with van der Waals surface area (Å²) in [4.78, 5) is 12.8. The van der Waals surface area contributed by atoms with Crippen molar-refractivity contribution in [2.75, 3.05) is 25.8 Å². The predicted octanol–water partition coefficient (Wildman–Crippen LogP) is 3.96. The van der Waals surface area contributed by atoms with E-state index >= 15 is 0 Å². The number of alkyl halides is 3. The first kappa shape index (κ1) is 24.8. The lowest BCUT2D eigenvalue weighted by atomic mass is 10.2. The third-order valence-electron chi connectivity index (χ3n) is 4.39. The van der Waals surface area contributed by atoms with Crippen molar-refractivity contribution >= 4 is 21.4 Å². The Balaban J connectivity index is 2.02. The third kappa shape index (κ3) is 5.73. The van der Waals surface area contributed by atoms with Crippen molar-refractivity contribution < 1.29 is 40.6 Å². The molecule has 0 radical (unpaired) electrons. The summed E-state index contributed by atoms with van der Waals surface area (Å²) < 4.78 is 79.0. The summed E-state index contributed by atoms with van der Waals surface area (Å²) in [5.41, 5.74) is -1.98. The van der Waals surface area contributed by atoms with E-state index in [1.54, 1.807) is 0 Å². The number of nitrogens with zero attached hydrogens (tertiary/aromatic N) is 2. The number of benzene rings is 2. The van der Waals surface area contributed by atoms with Crippen molar-refractivity contribution in [2.24, 2.45) is 0 Å². The first-order valence-electron chi connectivity index (χ1n) is 9.38. The fourth-order valence-electron chi connectivity index (χ4n) is 2.72. The van der Waals surface area contributed by atoms with Gasteiger partial charge in [-0.2, -0.15) is 13.2 Å². The molecule has 0 fully saturated rings. The van der Waals surface area contributed by atoms with E-state index in [1.165, 1.54) is 56.7 Å². The van der Waals surface area contributed by atoms with Crippen molar-refractivity contribution in [2.45, 2.75) is 11.1 Å². The van der Waals surface area contributed by atoms with E-state index in [4.69, 9.17) is 14.2 Å². The fraction of sp³-hybridized carbons (Fsp3) is 0.190. The van der Waals surface area contributed by atoms with Crippen LogP contribution in [0.2, 0.25) is 0 Å². The largest absolute Gasteiger partial charge is 0.497 e. The van der Waals surface area contributed by atoms with Gasteiger partial charge in [-0.1, -0.05) is 6.07 Å². The molecule has 34 heavy (non-hydrogen) atoms. The highest BCUT2D eigenvalue weighted by molar-refractivity contribution is 7.90. The average molecular weight is 497 g/mol. The zero-order chi connectivity index (χ0) is 25.1. The lowest BCUT2D eigenvalue weighted by Gasteiger charge is -2.14. The van der Waals surface area contributed by atoms with Gasteiger partial charge in [-0.15, -0.1) is 10.2 Å². The standard InChI is InChI=1S/C21H18F3N3O6S/c1-31-13-7-8-16(17(10-13)32-2)33-20-15(11-18(26-27-20)21(22,23)24)19(28)25-12-5-4-6-14(9-12)34(3,29)30/h4-11H,1-3H3,(H,25,28). The Hall–Kier alpha value is -3.87. The minimum Gasteiger partial charge on any atom is -0.497 e. The summed E-state index contributed by atoms with van der Waals surface area (Å²) in [6.07, 6.45) is -3.90. The van der Waals surface area contributed by atoms with Gasteiger partial charge in [0.05, 0.1) is 19.1 Å². The molecule has 0 aliphatic heterocycles. The van der Waals surface area contributed by atoms with Crippen LogP contribution in [0.4, 0.5) is 18.9 Å². The normalized spacial score (nSPS) is 11.6. The van der Waals surface area contributed by atoms with Gasteiger partial charge < -0.3 is 19.5 Å². The molecule has 0 aliphatic carbocycles. The second kappa shape index (κ2) is 9.55. The number of aromatic nitrogens is 2. The quantitative estimate of drug-likeness (QED) is 0.521. The van der Waals surface area contributed by atoms with Crippen molar-refractivity contribution in [3.05, 3.63) is 59.8 Å². The number of anilines is 1. The van der Waals surface area contributed by atoms with Crippen LogP contribution in [0.1, 0.15) is 16.1 Å². The molecular formula is C21H18F3N3O6S. The molecule has 0 unspecified atom stereocenters. The van der Waals surface area contributed by atoms with E-state index in [-0.39, 0.29) is 22.1 Å². The molecular weight excluding hydrogens is 479 g/mol. The number of halogens is 3. The number of ether oxygens (including phenoxy) is 3. The second-order valence-corrected chi connectivity index (χ2v) is 8.83. The number of hydrogen-bond donors (Lipinski definition) is 1. The van der Waals surface area contributed by atoms with Crippen molar-refractivity contribution in [1.29, 1.82) is 0 Å². The molecule has 0 saturated carbocycles. The maximum Gasteiger partial charge on any atom is 0.435 e. The van der Waals surface area contributed by atoms with Crippen molar-refractivity contribution in [3.8, 4) is 23.1 Å². The molecule has 1 heterocycles. The van der Waals surface area contributed by atoms with Gasteiger partial charge in [0.15, 0.2) is 27.0 Å². The van der Waals surface area contributed by atoms with Gasteiger partial charge in [-0.05, 0) is 36.4 Å². The molecule has 0 aliphatic rings. The molecule has 3 aromatic rings. The topological polar surface area (TPSA) is 117 Å². The fourth-order valence-corrected chi connectivity index (χ4v) is 3.39. The predicted molar refractivity (Wildman–Crippen MR) is 114 cm³/mol. The third-order valence-corrected chi connectivity index (χ3v) is 5.50. The van der Waals surface area contributed by atoms with Crippen molar-refractivity contribution in [1.82, 2.24) is 10.2 Å². The number of carbonyl (C=O) groups excluding carboxylic acids is 1. The Kier molecular flexibility index (Phi) is 6.96. The summed E-state index contributed by atoms with van der Waals surface area (Å²) in [6.45, 7) is 0. The summed E-state index contributed by atoms with van der Waals surface area (Å²) in [6, 6.07) is 10.1. The van der Waals surface area contributed by atoms with Gasteiger partial charge in [-0.3, -0.25) is 4.79 Å². The molecule has 0 atom stereocenters. The van der Waals surface area contributed by atoms with Crippen LogP contribution in [-0.2, 0) is 16.0 Å². The summed E-state index contributed by atoms with van der Waals surface area (Å²) in [5, 5.41) is 8.90. The molecule has 3 rings (SSSR count). The summed E-state index contributed by atoms with van der Waals surface area (Å²) in [5.74, 6) is -0.952. The van der Waals surface area contributed by atoms with Crippen LogP contribution in [0, 0.1) is 0 Å².